The predicted octanol–water partition coefficient (Wildman–Crippen LogP) is 4.07. The lowest BCUT2D eigenvalue weighted by Crippen LogP contribution is -2.22. The molecule has 0 saturated heterocycles. The summed E-state index contributed by atoms with van der Waals surface area (Å²) in [5, 5.41) is 7.74. The maximum Gasteiger partial charge on any atom is 0.251 e. The van der Waals surface area contributed by atoms with Crippen LogP contribution in [0.5, 0.6) is 0 Å². The fourth-order valence-electron chi connectivity index (χ4n) is 3.62. The Kier molecular flexibility index (Phi) is 6.70. The van der Waals surface area contributed by atoms with E-state index in [0.717, 1.165) is 22.4 Å². The number of carbonyl (C=O) groups excluding carboxylic acids is 1. The topological polar surface area (TPSA) is 81.1 Å². The second-order valence-corrected chi connectivity index (χ2v) is 10.1. The molecule has 4 aromatic rings. The van der Waals surface area contributed by atoms with E-state index in [1.807, 2.05) is 59.4 Å². The first kappa shape index (κ1) is 22.5. The summed E-state index contributed by atoms with van der Waals surface area (Å²) in [5.74, 6) is -0.272. The second-order valence-electron chi connectivity index (χ2n) is 8.00. The minimum absolute atomic E-state index is 0.0457. The van der Waals surface area contributed by atoms with Gasteiger partial charge < -0.3 is 5.32 Å². The summed E-state index contributed by atoms with van der Waals surface area (Å²) in [6, 6.07) is 26.6. The van der Waals surface area contributed by atoms with Gasteiger partial charge in [-0.05, 0) is 23.3 Å². The number of carbonyl (C=O) groups is 1. The number of benzene rings is 3. The van der Waals surface area contributed by atoms with E-state index in [9.17, 15) is 13.2 Å². The Morgan fingerprint density at radius 2 is 1.52 bits per heavy atom. The Bertz CT molecular complexity index is 1330. The molecule has 7 heteroatoms. The molecule has 0 bridgehead atoms. The van der Waals surface area contributed by atoms with Crippen LogP contribution in [0.25, 0.3) is 11.3 Å². The number of aromatic nitrogens is 2. The minimum atomic E-state index is -3.12. The molecule has 1 heterocycles. The predicted molar refractivity (Wildman–Crippen MR) is 129 cm³/mol. The van der Waals surface area contributed by atoms with Crippen molar-refractivity contribution < 1.29 is 13.2 Å². The third-order valence-corrected chi connectivity index (χ3v) is 6.01. The summed E-state index contributed by atoms with van der Waals surface area (Å²) >= 11 is 0. The molecule has 0 aliphatic heterocycles. The van der Waals surface area contributed by atoms with Crippen molar-refractivity contribution in [2.45, 2.75) is 18.8 Å². The Hall–Kier alpha value is -3.71. The van der Waals surface area contributed by atoms with Gasteiger partial charge in [0.05, 0.1) is 18.0 Å². The van der Waals surface area contributed by atoms with Crippen LogP contribution in [-0.2, 0) is 28.7 Å². The average molecular weight is 460 g/mol. The van der Waals surface area contributed by atoms with Gasteiger partial charge >= 0.3 is 0 Å². The van der Waals surface area contributed by atoms with Crippen LogP contribution in [0, 0.1) is 0 Å². The summed E-state index contributed by atoms with van der Waals surface area (Å²) in [7, 11) is -3.12. The number of nitrogens with zero attached hydrogens (tertiary/aromatic N) is 2. The van der Waals surface area contributed by atoms with Crippen LogP contribution in [0.1, 0.15) is 27.0 Å². The van der Waals surface area contributed by atoms with Gasteiger partial charge in [0.15, 0.2) is 9.84 Å². The molecule has 1 aromatic heterocycles. The molecular formula is C26H25N3O3S. The SMILES string of the molecule is CS(=O)(=O)Cc1ccc(C(=O)NCc2cn(Cc3ccccc3)nc2-c2ccccc2)cc1. The maximum atomic E-state index is 12.7. The van der Waals surface area contributed by atoms with Crippen molar-refractivity contribution in [2.75, 3.05) is 6.26 Å². The summed E-state index contributed by atoms with van der Waals surface area (Å²) in [4.78, 5) is 12.7. The third kappa shape index (κ3) is 6.17. The summed E-state index contributed by atoms with van der Waals surface area (Å²) < 4.78 is 24.8. The number of hydrogen-bond acceptors (Lipinski definition) is 4. The number of rotatable bonds is 8. The molecule has 4 rings (SSSR count). The first-order valence-corrected chi connectivity index (χ1v) is 12.6. The zero-order valence-corrected chi connectivity index (χ0v) is 19.1. The second kappa shape index (κ2) is 9.83. The largest absolute Gasteiger partial charge is 0.348 e. The Balaban J connectivity index is 1.51. The first-order valence-electron chi connectivity index (χ1n) is 10.6. The smallest absolute Gasteiger partial charge is 0.251 e. The lowest BCUT2D eigenvalue weighted by atomic mass is 10.1. The molecule has 168 valence electrons. The Morgan fingerprint density at radius 1 is 0.879 bits per heavy atom. The molecule has 0 unspecified atom stereocenters. The molecule has 0 aliphatic rings. The van der Waals surface area contributed by atoms with Crippen molar-refractivity contribution in [3.8, 4) is 11.3 Å². The molecule has 0 saturated carbocycles. The van der Waals surface area contributed by atoms with Gasteiger partial charge in [-0.1, -0.05) is 72.8 Å². The van der Waals surface area contributed by atoms with Crippen LogP contribution < -0.4 is 5.32 Å². The standard InChI is InChI=1S/C26H25N3O3S/c1-33(31,32)19-21-12-14-23(15-13-21)26(30)27-16-24-18-29(17-20-8-4-2-5-9-20)28-25(24)22-10-6-3-7-11-22/h2-15,18H,16-17,19H2,1H3,(H,27,30). The molecule has 1 amide bonds. The van der Waals surface area contributed by atoms with E-state index in [1.54, 1.807) is 24.3 Å². The van der Waals surface area contributed by atoms with E-state index in [4.69, 9.17) is 5.10 Å². The Morgan fingerprint density at radius 3 is 2.15 bits per heavy atom. The van der Waals surface area contributed by atoms with Gasteiger partial charge in [-0.3, -0.25) is 9.48 Å². The van der Waals surface area contributed by atoms with Crippen LogP contribution in [0.4, 0.5) is 0 Å². The zero-order chi connectivity index (χ0) is 23.3. The maximum absolute atomic E-state index is 12.7. The van der Waals surface area contributed by atoms with Crippen molar-refractivity contribution in [1.82, 2.24) is 15.1 Å². The van der Waals surface area contributed by atoms with Crippen LogP contribution in [0.15, 0.2) is 91.1 Å². The highest BCUT2D eigenvalue weighted by Crippen LogP contribution is 2.22. The highest BCUT2D eigenvalue weighted by Gasteiger charge is 2.14. The lowest BCUT2D eigenvalue weighted by Gasteiger charge is -2.07. The molecule has 33 heavy (non-hydrogen) atoms. The van der Waals surface area contributed by atoms with E-state index >= 15 is 0 Å². The molecule has 0 fully saturated rings. The summed E-state index contributed by atoms with van der Waals surface area (Å²) in [5.41, 5.74) is 5.00. The first-order chi connectivity index (χ1) is 15.9. The van der Waals surface area contributed by atoms with Crippen LogP contribution in [0.3, 0.4) is 0 Å². The van der Waals surface area contributed by atoms with Crippen LogP contribution >= 0.6 is 0 Å². The van der Waals surface area contributed by atoms with Crippen molar-refractivity contribution in [2.24, 2.45) is 0 Å². The van der Waals surface area contributed by atoms with Gasteiger partial charge in [-0.15, -0.1) is 0 Å². The van der Waals surface area contributed by atoms with E-state index in [-0.39, 0.29) is 11.7 Å². The highest BCUT2D eigenvalue weighted by atomic mass is 32.2. The van der Waals surface area contributed by atoms with Gasteiger partial charge in [0.25, 0.3) is 5.91 Å². The van der Waals surface area contributed by atoms with Crippen molar-refractivity contribution in [3.05, 3.63) is 113 Å². The molecule has 1 N–H and O–H groups in total. The molecule has 0 aliphatic carbocycles. The lowest BCUT2D eigenvalue weighted by molar-refractivity contribution is 0.0951. The minimum Gasteiger partial charge on any atom is -0.348 e. The quantitative estimate of drug-likeness (QED) is 0.431. The van der Waals surface area contributed by atoms with Crippen molar-refractivity contribution >= 4 is 15.7 Å². The molecular weight excluding hydrogens is 434 g/mol. The fraction of sp³-hybridized carbons (Fsp3) is 0.154. The van der Waals surface area contributed by atoms with Gasteiger partial charge in [0.2, 0.25) is 0 Å². The summed E-state index contributed by atoms with van der Waals surface area (Å²) in [6.07, 6.45) is 3.15. The highest BCUT2D eigenvalue weighted by molar-refractivity contribution is 7.89. The fourth-order valence-corrected chi connectivity index (χ4v) is 4.41. The molecule has 0 atom stereocenters. The number of sulfone groups is 1. The molecule has 0 spiro atoms. The van der Waals surface area contributed by atoms with Crippen LogP contribution in [0.2, 0.25) is 0 Å². The molecule has 0 radical (unpaired) electrons. The van der Waals surface area contributed by atoms with E-state index in [0.29, 0.717) is 24.2 Å². The zero-order valence-electron chi connectivity index (χ0n) is 18.3. The molecule has 6 nitrogen and oxygen atoms in total. The van der Waals surface area contributed by atoms with Gasteiger partial charge in [0, 0.05) is 35.7 Å². The Labute approximate surface area is 193 Å². The number of amides is 1. The third-order valence-electron chi connectivity index (χ3n) is 5.16. The van der Waals surface area contributed by atoms with E-state index < -0.39 is 9.84 Å². The monoisotopic (exact) mass is 459 g/mol. The van der Waals surface area contributed by atoms with Crippen molar-refractivity contribution in [3.63, 3.8) is 0 Å². The average Bonchev–Trinajstić information content (AvgIpc) is 3.20. The van der Waals surface area contributed by atoms with E-state index in [2.05, 4.69) is 17.4 Å². The van der Waals surface area contributed by atoms with Gasteiger partial charge in [-0.25, -0.2) is 8.42 Å². The van der Waals surface area contributed by atoms with E-state index in [1.165, 1.54) is 6.26 Å². The molecule has 3 aromatic carbocycles. The van der Waals surface area contributed by atoms with Gasteiger partial charge in [0.1, 0.15) is 0 Å². The van der Waals surface area contributed by atoms with Crippen LogP contribution in [-0.4, -0.2) is 30.4 Å². The number of nitrogens with one attached hydrogen (secondary N) is 1. The normalized spacial score (nSPS) is 11.3. The summed E-state index contributed by atoms with van der Waals surface area (Å²) in [6.45, 7) is 0.958. The van der Waals surface area contributed by atoms with Gasteiger partial charge in [-0.2, -0.15) is 5.10 Å². The number of hydrogen-bond donors (Lipinski definition) is 1. The van der Waals surface area contributed by atoms with Crippen molar-refractivity contribution in [1.29, 1.82) is 0 Å².